The Kier molecular flexibility index (Phi) is 2.95. The van der Waals surface area contributed by atoms with Crippen molar-refractivity contribution < 1.29 is 0 Å². The van der Waals surface area contributed by atoms with E-state index in [1.54, 1.807) is 0 Å². The predicted molar refractivity (Wildman–Crippen MR) is 54.2 cm³/mol. The molecule has 2 N–H and O–H groups in total. The van der Waals surface area contributed by atoms with Crippen LogP contribution < -0.4 is 5.73 Å². The monoisotopic (exact) mass is 179 g/mol. The zero-order valence-electron chi connectivity index (χ0n) is 6.80. The summed E-state index contributed by atoms with van der Waals surface area (Å²) in [6.45, 7) is 0.879. The SMILES string of the molecule is CSC1CS1(C)CCCN. The van der Waals surface area contributed by atoms with Crippen molar-refractivity contribution in [2.24, 2.45) is 5.73 Å². The quantitative estimate of drug-likeness (QED) is 0.661. The summed E-state index contributed by atoms with van der Waals surface area (Å²) >= 11 is 2.04. The maximum atomic E-state index is 5.46. The lowest BCUT2D eigenvalue weighted by Gasteiger charge is -2.14. The highest BCUT2D eigenvalue weighted by Gasteiger charge is 2.43. The molecule has 0 bridgehead atoms. The van der Waals surface area contributed by atoms with Crippen LogP contribution in [0.15, 0.2) is 0 Å². The average Bonchev–Trinajstić information content (AvgIpc) is 2.59. The lowest BCUT2D eigenvalue weighted by atomic mass is 10.5. The van der Waals surface area contributed by atoms with Crippen molar-refractivity contribution in [3.05, 3.63) is 0 Å². The van der Waals surface area contributed by atoms with Crippen LogP contribution in [0.5, 0.6) is 0 Å². The van der Waals surface area contributed by atoms with Crippen LogP contribution in [-0.4, -0.2) is 35.1 Å². The molecule has 0 aliphatic carbocycles. The Morgan fingerprint density at radius 2 is 2.40 bits per heavy atom. The molecule has 2 atom stereocenters. The molecule has 0 aromatic heterocycles. The Balaban J connectivity index is 2.16. The molecule has 62 valence electrons. The summed E-state index contributed by atoms with van der Waals surface area (Å²) in [6.07, 6.45) is 5.93. The summed E-state index contributed by atoms with van der Waals surface area (Å²) < 4.78 is 1.01. The number of thioether (sulfide) groups is 1. The van der Waals surface area contributed by atoms with Gasteiger partial charge >= 0.3 is 0 Å². The molecule has 10 heavy (non-hydrogen) atoms. The van der Waals surface area contributed by atoms with E-state index in [1.807, 2.05) is 11.8 Å². The molecule has 3 heteroatoms. The maximum Gasteiger partial charge on any atom is 0.0421 e. The molecule has 1 saturated heterocycles. The summed E-state index contributed by atoms with van der Waals surface area (Å²) in [5.74, 6) is 2.91. The normalized spacial score (nSPS) is 44.5. The second-order valence-corrected chi connectivity index (χ2v) is 8.38. The minimum absolute atomic E-state index is 0.144. The van der Waals surface area contributed by atoms with Gasteiger partial charge in [0.1, 0.15) is 0 Å². The van der Waals surface area contributed by atoms with E-state index >= 15 is 0 Å². The molecule has 1 rings (SSSR count). The summed E-state index contributed by atoms with van der Waals surface area (Å²) in [5.41, 5.74) is 5.46. The van der Waals surface area contributed by atoms with Gasteiger partial charge in [0.05, 0.1) is 0 Å². The van der Waals surface area contributed by atoms with Crippen LogP contribution in [0.1, 0.15) is 6.42 Å². The summed E-state index contributed by atoms with van der Waals surface area (Å²) in [5, 5.41) is 0. The highest BCUT2D eigenvalue weighted by atomic mass is 32.3. The zero-order valence-corrected chi connectivity index (χ0v) is 8.43. The molecule has 0 aromatic rings. The molecule has 1 nitrogen and oxygen atoms in total. The van der Waals surface area contributed by atoms with Gasteiger partial charge in [0, 0.05) is 4.58 Å². The summed E-state index contributed by atoms with van der Waals surface area (Å²) in [7, 11) is -0.144. The minimum atomic E-state index is -0.144. The van der Waals surface area contributed by atoms with Crippen molar-refractivity contribution in [3.63, 3.8) is 0 Å². The van der Waals surface area contributed by atoms with Gasteiger partial charge in [0.25, 0.3) is 0 Å². The largest absolute Gasteiger partial charge is 0.330 e. The van der Waals surface area contributed by atoms with Crippen molar-refractivity contribution in [3.8, 4) is 0 Å². The molecule has 0 saturated carbocycles. The molecular formula is C7H17NS2. The second kappa shape index (κ2) is 3.37. The minimum Gasteiger partial charge on any atom is -0.330 e. The summed E-state index contributed by atoms with van der Waals surface area (Å²) in [6, 6.07) is 0. The molecule has 0 aromatic carbocycles. The lowest BCUT2D eigenvalue weighted by Crippen LogP contribution is -2.02. The Morgan fingerprint density at radius 3 is 2.80 bits per heavy atom. The first-order valence-electron chi connectivity index (χ1n) is 3.68. The van der Waals surface area contributed by atoms with Crippen LogP contribution in [0.2, 0.25) is 0 Å². The van der Waals surface area contributed by atoms with E-state index < -0.39 is 0 Å². The van der Waals surface area contributed by atoms with E-state index in [2.05, 4.69) is 12.5 Å². The van der Waals surface area contributed by atoms with E-state index in [0.717, 1.165) is 11.1 Å². The molecule has 0 amide bonds. The standard InChI is InChI=1S/C7H17NS2/c1-9-7-6-10(7,2)5-3-4-8/h7H,3-6,8H2,1-2H3. The lowest BCUT2D eigenvalue weighted by molar-refractivity contribution is 0.941. The van der Waals surface area contributed by atoms with Crippen molar-refractivity contribution >= 4 is 21.8 Å². The van der Waals surface area contributed by atoms with Gasteiger partial charge in [-0.25, -0.2) is 10.0 Å². The fourth-order valence-electron chi connectivity index (χ4n) is 1.20. The number of nitrogens with two attached hydrogens (primary N) is 1. The highest BCUT2D eigenvalue weighted by molar-refractivity contribution is 8.46. The third-order valence-corrected chi connectivity index (χ3v) is 8.31. The first kappa shape index (κ1) is 8.75. The molecule has 0 spiro atoms. The number of rotatable bonds is 4. The van der Waals surface area contributed by atoms with Crippen molar-refractivity contribution in [1.82, 2.24) is 0 Å². The highest BCUT2D eigenvalue weighted by Crippen LogP contribution is 2.69. The van der Waals surface area contributed by atoms with Crippen LogP contribution in [0.3, 0.4) is 0 Å². The first-order valence-corrected chi connectivity index (χ1v) is 7.41. The Hall–Kier alpha value is 0.660. The van der Waals surface area contributed by atoms with Gasteiger partial charge in [-0.2, -0.15) is 11.8 Å². The first-order chi connectivity index (χ1) is 4.73. The molecule has 1 heterocycles. The molecule has 0 radical (unpaired) electrons. The second-order valence-electron chi connectivity index (χ2n) is 3.03. The predicted octanol–water partition coefficient (Wildman–Crippen LogP) is 1.47. The van der Waals surface area contributed by atoms with E-state index in [-0.39, 0.29) is 10.0 Å². The van der Waals surface area contributed by atoms with E-state index in [0.29, 0.717) is 0 Å². The molecule has 2 unspecified atom stereocenters. The van der Waals surface area contributed by atoms with Crippen LogP contribution >= 0.6 is 21.8 Å². The molecule has 1 aliphatic rings. The Morgan fingerprint density at radius 1 is 1.70 bits per heavy atom. The van der Waals surface area contributed by atoms with Gasteiger partial charge in [-0.05, 0) is 37.0 Å². The molecule has 1 aliphatic heterocycles. The van der Waals surface area contributed by atoms with Gasteiger partial charge < -0.3 is 5.73 Å². The third kappa shape index (κ3) is 1.83. The average molecular weight is 179 g/mol. The van der Waals surface area contributed by atoms with Gasteiger partial charge in [-0.1, -0.05) is 0 Å². The Labute approximate surface area is 69.4 Å². The van der Waals surface area contributed by atoms with Crippen molar-refractivity contribution in [2.75, 3.05) is 30.6 Å². The number of hydrogen-bond acceptors (Lipinski definition) is 2. The topological polar surface area (TPSA) is 26.0 Å². The van der Waals surface area contributed by atoms with Crippen LogP contribution in [0.4, 0.5) is 0 Å². The zero-order chi connectivity index (χ0) is 7.61. The number of hydrogen-bond donors (Lipinski definition) is 1. The van der Waals surface area contributed by atoms with Gasteiger partial charge in [-0.15, -0.1) is 0 Å². The third-order valence-electron chi connectivity index (χ3n) is 2.11. The maximum absolute atomic E-state index is 5.46. The van der Waals surface area contributed by atoms with E-state index in [9.17, 15) is 0 Å². The van der Waals surface area contributed by atoms with Crippen LogP contribution in [-0.2, 0) is 0 Å². The fraction of sp³-hybridized carbons (Fsp3) is 1.00. The smallest absolute Gasteiger partial charge is 0.0421 e. The summed E-state index contributed by atoms with van der Waals surface area (Å²) in [4.78, 5) is 0. The molecular weight excluding hydrogens is 162 g/mol. The van der Waals surface area contributed by atoms with Gasteiger partial charge in [-0.3, -0.25) is 0 Å². The van der Waals surface area contributed by atoms with Crippen LogP contribution in [0.25, 0.3) is 0 Å². The fourth-order valence-corrected chi connectivity index (χ4v) is 7.32. The Bertz CT molecular complexity index is 118. The van der Waals surface area contributed by atoms with Crippen molar-refractivity contribution in [2.45, 2.75) is 11.0 Å². The van der Waals surface area contributed by atoms with Crippen molar-refractivity contribution in [1.29, 1.82) is 0 Å². The van der Waals surface area contributed by atoms with Crippen LogP contribution in [0, 0.1) is 0 Å². The molecule has 1 fully saturated rings. The van der Waals surface area contributed by atoms with E-state index in [4.69, 9.17) is 5.73 Å². The van der Waals surface area contributed by atoms with E-state index in [1.165, 1.54) is 17.9 Å². The van der Waals surface area contributed by atoms with Gasteiger partial charge in [0.2, 0.25) is 0 Å². The van der Waals surface area contributed by atoms with Gasteiger partial charge in [0.15, 0.2) is 0 Å².